The smallest absolute Gasteiger partial charge is 0.251 e. The molecule has 0 aromatic carbocycles. The summed E-state index contributed by atoms with van der Waals surface area (Å²) >= 11 is 0. The maximum Gasteiger partial charge on any atom is 0.251 e. The van der Waals surface area contributed by atoms with Crippen LogP contribution in [0.15, 0.2) is 28.0 Å². The maximum absolute atomic E-state index is 12.8. The number of piperidine rings is 1. The molecular formula is C22H36N4O5S. The van der Waals surface area contributed by atoms with Gasteiger partial charge in [0.2, 0.25) is 15.9 Å². The SMILES string of the molecule is CCN(CC)S(=O)(=O)c1ccc(=O)n(CC(=O)N2CCC(CCN3CCOCC3)CC2)c1. The van der Waals surface area contributed by atoms with Gasteiger partial charge in [0.25, 0.3) is 5.56 Å². The predicted octanol–water partition coefficient (Wildman–Crippen LogP) is 0.840. The first-order chi connectivity index (χ1) is 15.3. The van der Waals surface area contributed by atoms with E-state index in [1.807, 2.05) is 0 Å². The average molecular weight is 469 g/mol. The van der Waals surface area contributed by atoms with Gasteiger partial charge in [0, 0.05) is 51.5 Å². The van der Waals surface area contributed by atoms with E-state index in [0.717, 1.165) is 52.1 Å². The third-order valence-electron chi connectivity index (χ3n) is 6.53. The van der Waals surface area contributed by atoms with E-state index >= 15 is 0 Å². The van der Waals surface area contributed by atoms with Gasteiger partial charge in [-0.15, -0.1) is 0 Å². The Kier molecular flexibility index (Phi) is 8.87. The summed E-state index contributed by atoms with van der Waals surface area (Å²) in [5.41, 5.74) is -0.378. The fourth-order valence-electron chi connectivity index (χ4n) is 4.40. The van der Waals surface area contributed by atoms with Crippen molar-refractivity contribution in [3.05, 3.63) is 28.7 Å². The van der Waals surface area contributed by atoms with Gasteiger partial charge in [-0.3, -0.25) is 14.5 Å². The maximum atomic E-state index is 12.8. The van der Waals surface area contributed by atoms with Crippen molar-refractivity contribution in [3.63, 3.8) is 0 Å². The summed E-state index contributed by atoms with van der Waals surface area (Å²) in [7, 11) is -3.69. The minimum absolute atomic E-state index is 0.0374. The lowest BCUT2D eigenvalue weighted by Crippen LogP contribution is -2.42. The zero-order valence-corrected chi connectivity index (χ0v) is 20.1. The molecule has 0 bridgehead atoms. The predicted molar refractivity (Wildman–Crippen MR) is 122 cm³/mol. The van der Waals surface area contributed by atoms with Crippen LogP contribution in [-0.2, 0) is 26.1 Å². The Hall–Kier alpha value is -1.75. The molecule has 0 radical (unpaired) electrons. The monoisotopic (exact) mass is 468 g/mol. The Balaban J connectivity index is 1.55. The van der Waals surface area contributed by atoms with Gasteiger partial charge < -0.3 is 14.2 Å². The van der Waals surface area contributed by atoms with Crippen molar-refractivity contribution in [1.29, 1.82) is 0 Å². The molecule has 180 valence electrons. The van der Waals surface area contributed by atoms with Crippen molar-refractivity contribution in [3.8, 4) is 0 Å². The molecule has 2 aliphatic heterocycles. The van der Waals surface area contributed by atoms with Gasteiger partial charge in [-0.1, -0.05) is 13.8 Å². The summed E-state index contributed by atoms with van der Waals surface area (Å²) < 4.78 is 33.5. The van der Waals surface area contributed by atoms with Gasteiger partial charge >= 0.3 is 0 Å². The van der Waals surface area contributed by atoms with Crippen LogP contribution in [0.3, 0.4) is 0 Å². The highest BCUT2D eigenvalue weighted by Crippen LogP contribution is 2.21. The number of carbonyl (C=O) groups excluding carboxylic acids is 1. The van der Waals surface area contributed by atoms with Crippen molar-refractivity contribution in [2.24, 2.45) is 5.92 Å². The number of rotatable bonds is 9. The highest BCUT2D eigenvalue weighted by Gasteiger charge is 2.25. The number of morpholine rings is 1. The second kappa shape index (κ2) is 11.4. The second-order valence-corrected chi connectivity index (χ2v) is 10.4. The summed E-state index contributed by atoms with van der Waals surface area (Å²) in [6, 6.07) is 2.54. The van der Waals surface area contributed by atoms with Crippen LogP contribution in [0.2, 0.25) is 0 Å². The highest BCUT2D eigenvalue weighted by molar-refractivity contribution is 7.89. The minimum atomic E-state index is -3.69. The molecule has 0 spiro atoms. The summed E-state index contributed by atoms with van der Waals surface area (Å²) in [5.74, 6) is 0.461. The molecule has 0 saturated carbocycles. The largest absolute Gasteiger partial charge is 0.379 e. The van der Waals surface area contributed by atoms with Crippen LogP contribution in [0.1, 0.15) is 33.1 Å². The summed E-state index contributed by atoms with van der Waals surface area (Å²) in [6.07, 6.45) is 4.35. The van der Waals surface area contributed by atoms with E-state index in [9.17, 15) is 18.0 Å². The van der Waals surface area contributed by atoms with E-state index in [0.29, 0.717) is 32.1 Å². The van der Waals surface area contributed by atoms with Crippen LogP contribution in [0, 0.1) is 5.92 Å². The Morgan fingerprint density at radius 1 is 1.09 bits per heavy atom. The first-order valence-electron chi connectivity index (χ1n) is 11.6. The Bertz CT molecular complexity index is 914. The van der Waals surface area contributed by atoms with Gasteiger partial charge in [-0.25, -0.2) is 8.42 Å². The molecule has 0 atom stereocenters. The second-order valence-electron chi connectivity index (χ2n) is 8.49. The molecule has 3 rings (SSSR count). The van der Waals surface area contributed by atoms with Crippen molar-refractivity contribution in [1.82, 2.24) is 18.7 Å². The van der Waals surface area contributed by atoms with Gasteiger partial charge in [0.05, 0.1) is 18.1 Å². The minimum Gasteiger partial charge on any atom is -0.379 e. The standard InChI is InChI=1S/C22H36N4O5S/c1-3-26(4-2)32(29,30)20-5-6-21(27)25(17-20)18-22(28)24-11-8-19(9-12-24)7-10-23-13-15-31-16-14-23/h5-6,17,19H,3-4,7-16,18H2,1-2H3. The van der Waals surface area contributed by atoms with E-state index in [1.54, 1.807) is 18.7 Å². The lowest BCUT2D eigenvalue weighted by molar-refractivity contribution is -0.133. The Morgan fingerprint density at radius 3 is 2.38 bits per heavy atom. The quantitative estimate of drug-likeness (QED) is 0.533. The van der Waals surface area contributed by atoms with Crippen LogP contribution in [0.4, 0.5) is 0 Å². The number of hydrogen-bond acceptors (Lipinski definition) is 6. The van der Waals surface area contributed by atoms with E-state index in [1.165, 1.54) is 27.2 Å². The fourth-order valence-corrected chi connectivity index (χ4v) is 5.88. The zero-order valence-electron chi connectivity index (χ0n) is 19.2. The lowest BCUT2D eigenvalue weighted by atomic mass is 9.93. The van der Waals surface area contributed by atoms with Crippen LogP contribution in [0.25, 0.3) is 0 Å². The number of carbonyl (C=O) groups is 1. The van der Waals surface area contributed by atoms with Gasteiger partial charge in [-0.2, -0.15) is 4.31 Å². The first-order valence-corrected chi connectivity index (χ1v) is 13.1. The number of sulfonamides is 1. The summed E-state index contributed by atoms with van der Waals surface area (Å²) in [4.78, 5) is 29.4. The van der Waals surface area contributed by atoms with Crippen LogP contribution in [0.5, 0.6) is 0 Å². The molecule has 3 heterocycles. The third kappa shape index (κ3) is 6.18. The first kappa shape index (κ1) is 24.9. The molecule has 9 nitrogen and oxygen atoms in total. The van der Waals surface area contributed by atoms with Crippen LogP contribution < -0.4 is 5.56 Å². The van der Waals surface area contributed by atoms with Crippen molar-refractivity contribution >= 4 is 15.9 Å². The normalized spacial score (nSPS) is 18.9. The summed E-state index contributed by atoms with van der Waals surface area (Å²) in [6.45, 7) is 10.1. The fraction of sp³-hybridized carbons (Fsp3) is 0.727. The van der Waals surface area contributed by atoms with E-state index in [2.05, 4.69) is 4.90 Å². The average Bonchev–Trinajstić information content (AvgIpc) is 2.80. The van der Waals surface area contributed by atoms with Crippen LogP contribution in [-0.4, -0.2) is 92.0 Å². The molecular weight excluding hydrogens is 432 g/mol. The van der Waals surface area contributed by atoms with Gasteiger partial charge in [0.1, 0.15) is 6.54 Å². The zero-order chi connectivity index (χ0) is 23.1. The number of likely N-dealkylation sites (tertiary alicyclic amines) is 1. The van der Waals surface area contributed by atoms with Crippen LogP contribution >= 0.6 is 0 Å². The molecule has 2 aliphatic rings. The number of aromatic nitrogens is 1. The molecule has 32 heavy (non-hydrogen) atoms. The number of nitrogens with zero attached hydrogens (tertiary/aromatic N) is 4. The number of amides is 1. The van der Waals surface area contributed by atoms with E-state index < -0.39 is 10.0 Å². The number of hydrogen-bond donors (Lipinski definition) is 0. The van der Waals surface area contributed by atoms with Gasteiger partial charge in [-0.05, 0) is 37.8 Å². The lowest BCUT2D eigenvalue weighted by Gasteiger charge is -2.34. The van der Waals surface area contributed by atoms with Crippen molar-refractivity contribution in [2.75, 3.05) is 59.0 Å². The van der Waals surface area contributed by atoms with Crippen molar-refractivity contribution < 1.29 is 17.9 Å². The van der Waals surface area contributed by atoms with Gasteiger partial charge in [0.15, 0.2) is 0 Å². The number of ether oxygens (including phenoxy) is 1. The molecule has 0 aliphatic carbocycles. The molecule has 10 heteroatoms. The Labute approximate surface area is 191 Å². The Morgan fingerprint density at radius 2 is 1.75 bits per heavy atom. The molecule has 0 unspecified atom stereocenters. The van der Waals surface area contributed by atoms with Crippen molar-refractivity contribution in [2.45, 2.75) is 44.6 Å². The topological polar surface area (TPSA) is 92.2 Å². The summed E-state index contributed by atoms with van der Waals surface area (Å²) in [5, 5.41) is 0. The number of pyridine rings is 1. The molecule has 1 amide bonds. The van der Waals surface area contributed by atoms with E-state index in [-0.39, 0.29) is 22.9 Å². The molecule has 0 N–H and O–H groups in total. The molecule has 2 fully saturated rings. The van der Waals surface area contributed by atoms with E-state index in [4.69, 9.17) is 4.74 Å². The third-order valence-corrected chi connectivity index (χ3v) is 8.56. The highest BCUT2D eigenvalue weighted by atomic mass is 32.2. The molecule has 1 aromatic heterocycles. The molecule has 2 saturated heterocycles. The molecule has 1 aromatic rings.